The van der Waals surface area contributed by atoms with E-state index < -0.39 is 0 Å². The summed E-state index contributed by atoms with van der Waals surface area (Å²) in [5.41, 5.74) is 1.24. The number of hydrogen-bond donors (Lipinski definition) is 0. The number of hydrogen-bond acceptors (Lipinski definition) is 2. The molecule has 0 atom stereocenters. The van der Waals surface area contributed by atoms with Crippen molar-refractivity contribution in [3.8, 4) is 0 Å². The topological polar surface area (TPSA) is 17.1 Å². The van der Waals surface area contributed by atoms with Gasteiger partial charge in [-0.15, -0.1) is 11.3 Å². The Kier molecular flexibility index (Phi) is 2.46. The van der Waals surface area contributed by atoms with Crippen molar-refractivity contribution >= 4 is 40.2 Å². The molecule has 0 saturated heterocycles. The minimum atomic E-state index is 0.857. The first-order valence-corrected chi connectivity index (χ1v) is 4.77. The van der Waals surface area contributed by atoms with E-state index in [0.717, 1.165) is 14.7 Å². The van der Waals surface area contributed by atoms with E-state index in [1.54, 1.807) is 11.3 Å². The highest BCUT2D eigenvalue weighted by molar-refractivity contribution is 14.1. The summed E-state index contributed by atoms with van der Waals surface area (Å²) >= 11 is 3.77. The molecule has 0 amide bonds. The van der Waals surface area contributed by atoms with Crippen molar-refractivity contribution < 1.29 is 4.79 Å². The lowest BCUT2D eigenvalue weighted by Crippen LogP contribution is -1.77. The number of thiophene rings is 1. The molecule has 0 aliphatic heterocycles. The van der Waals surface area contributed by atoms with Gasteiger partial charge in [0.05, 0.1) is 4.88 Å². The molecular formula is C7H7IOS. The standard InChI is InChI=1S/C7H7IOS/c1-4-5(2)10-6(3-9)7(4)8/h3H,1-2H3. The van der Waals surface area contributed by atoms with E-state index in [1.165, 1.54) is 10.4 Å². The number of carbonyl (C=O) groups is 1. The van der Waals surface area contributed by atoms with Gasteiger partial charge in [0.15, 0.2) is 6.29 Å². The van der Waals surface area contributed by atoms with Crippen LogP contribution in [-0.4, -0.2) is 6.29 Å². The van der Waals surface area contributed by atoms with E-state index in [-0.39, 0.29) is 0 Å². The van der Waals surface area contributed by atoms with Gasteiger partial charge in [-0.3, -0.25) is 4.79 Å². The predicted molar refractivity (Wildman–Crippen MR) is 51.9 cm³/mol. The SMILES string of the molecule is Cc1sc(C=O)c(I)c1C. The highest BCUT2D eigenvalue weighted by Crippen LogP contribution is 2.26. The zero-order valence-corrected chi connectivity index (χ0v) is 8.75. The van der Waals surface area contributed by atoms with Gasteiger partial charge < -0.3 is 0 Å². The average Bonchev–Trinajstić information content (AvgIpc) is 2.17. The number of carbonyl (C=O) groups excluding carboxylic acids is 1. The van der Waals surface area contributed by atoms with E-state index in [4.69, 9.17) is 0 Å². The average molecular weight is 266 g/mol. The molecule has 0 aromatic carbocycles. The van der Waals surface area contributed by atoms with E-state index in [2.05, 4.69) is 22.6 Å². The van der Waals surface area contributed by atoms with Crippen molar-refractivity contribution in [2.75, 3.05) is 0 Å². The maximum absolute atomic E-state index is 10.4. The van der Waals surface area contributed by atoms with Gasteiger partial charge in [0.1, 0.15) is 0 Å². The molecular weight excluding hydrogens is 259 g/mol. The van der Waals surface area contributed by atoms with Crippen LogP contribution in [-0.2, 0) is 0 Å². The van der Waals surface area contributed by atoms with Gasteiger partial charge >= 0.3 is 0 Å². The first kappa shape index (κ1) is 8.20. The number of aryl methyl sites for hydroxylation is 1. The zero-order valence-electron chi connectivity index (χ0n) is 5.77. The quantitative estimate of drug-likeness (QED) is 0.564. The Labute approximate surface area is 77.6 Å². The van der Waals surface area contributed by atoms with Crippen LogP contribution >= 0.6 is 33.9 Å². The Morgan fingerprint density at radius 3 is 2.30 bits per heavy atom. The van der Waals surface area contributed by atoms with Gasteiger partial charge in [-0.25, -0.2) is 0 Å². The molecule has 0 spiro atoms. The largest absolute Gasteiger partial charge is 0.297 e. The lowest BCUT2D eigenvalue weighted by molar-refractivity contribution is 0.112. The van der Waals surface area contributed by atoms with Crippen molar-refractivity contribution in [1.82, 2.24) is 0 Å². The van der Waals surface area contributed by atoms with Crippen molar-refractivity contribution in [3.63, 3.8) is 0 Å². The minimum Gasteiger partial charge on any atom is -0.297 e. The minimum absolute atomic E-state index is 0.857. The fourth-order valence-corrected chi connectivity index (χ4v) is 2.62. The first-order chi connectivity index (χ1) is 4.66. The summed E-state index contributed by atoms with van der Waals surface area (Å²) in [6, 6.07) is 0. The fourth-order valence-electron chi connectivity index (χ4n) is 0.701. The Hall–Kier alpha value is 0.100. The highest BCUT2D eigenvalue weighted by atomic mass is 127. The molecule has 1 rings (SSSR count). The van der Waals surface area contributed by atoms with Crippen LogP contribution in [0.25, 0.3) is 0 Å². The van der Waals surface area contributed by atoms with E-state index in [1.807, 2.05) is 13.8 Å². The molecule has 1 aromatic heterocycles. The molecule has 0 saturated carbocycles. The summed E-state index contributed by atoms with van der Waals surface area (Å²) in [6.07, 6.45) is 0.923. The van der Waals surface area contributed by atoms with Crippen molar-refractivity contribution in [1.29, 1.82) is 0 Å². The van der Waals surface area contributed by atoms with Crippen LogP contribution in [0.5, 0.6) is 0 Å². The molecule has 0 unspecified atom stereocenters. The van der Waals surface area contributed by atoms with Crippen LogP contribution in [0.15, 0.2) is 0 Å². The van der Waals surface area contributed by atoms with Crippen LogP contribution in [0, 0.1) is 17.4 Å². The maximum Gasteiger partial charge on any atom is 0.161 e. The molecule has 0 bridgehead atoms. The van der Waals surface area contributed by atoms with Crippen LogP contribution in [0.4, 0.5) is 0 Å². The summed E-state index contributed by atoms with van der Waals surface area (Å²) in [5.74, 6) is 0. The second kappa shape index (κ2) is 3.00. The molecule has 54 valence electrons. The Morgan fingerprint density at radius 1 is 1.50 bits per heavy atom. The van der Waals surface area contributed by atoms with Crippen molar-refractivity contribution in [2.45, 2.75) is 13.8 Å². The summed E-state index contributed by atoms with van der Waals surface area (Å²) in [6.45, 7) is 4.08. The molecule has 0 fully saturated rings. The summed E-state index contributed by atoms with van der Waals surface area (Å²) in [7, 11) is 0. The van der Waals surface area contributed by atoms with Crippen LogP contribution < -0.4 is 0 Å². The second-order valence-electron chi connectivity index (χ2n) is 2.08. The molecule has 0 N–H and O–H groups in total. The lowest BCUT2D eigenvalue weighted by atomic mass is 10.3. The Balaban J connectivity index is 3.30. The van der Waals surface area contributed by atoms with Gasteiger partial charge in [-0.05, 0) is 42.0 Å². The van der Waals surface area contributed by atoms with Crippen LogP contribution in [0.3, 0.4) is 0 Å². The number of rotatable bonds is 1. The van der Waals surface area contributed by atoms with Crippen molar-refractivity contribution in [2.24, 2.45) is 0 Å². The molecule has 1 nitrogen and oxygen atoms in total. The van der Waals surface area contributed by atoms with Crippen molar-refractivity contribution in [3.05, 3.63) is 18.9 Å². The third-order valence-corrected chi connectivity index (χ3v) is 4.33. The fraction of sp³-hybridized carbons (Fsp3) is 0.286. The zero-order chi connectivity index (χ0) is 7.72. The number of aldehydes is 1. The van der Waals surface area contributed by atoms with Gasteiger partial charge in [0, 0.05) is 8.45 Å². The maximum atomic E-state index is 10.4. The van der Waals surface area contributed by atoms with E-state index >= 15 is 0 Å². The molecule has 1 aromatic rings. The molecule has 10 heavy (non-hydrogen) atoms. The monoisotopic (exact) mass is 266 g/mol. The molecule has 0 aliphatic rings. The Bertz CT molecular complexity index is 265. The third kappa shape index (κ3) is 1.25. The van der Waals surface area contributed by atoms with Gasteiger partial charge in [0.25, 0.3) is 0 Å². The highest BCUT2D eigenvalue weighted by Gasteiger charge is 2.07. The Morgan fingerprint density at radius 2 is 2.10 bits per heavy atom. The normalized spacial score (nSPS) is 9.90. The summed E-state index contributed by atoms with van der Waals surface area (Å²) in [4.78, 5) is 12.5. The van der Waals surface area contributed by atoms with E-state index in [0.29, 0.717) is 0 Å². The van der Waals surface area contributed by atoms with Crippen LogP contribution in [0.1, 0.15) is 20.1 Å². The molecule has 0 aliphatic carbocycles. The van der Waals surface area contributed by atoms with E-state index in [9.17, 15) is 4.79 Å². The van der Waals surface area contributed by atoms with Gasteiger partial charge in [-0.2, -0.15) is 0 Å². The molecule has 1 heterocycles. The third-order valence-electron chi connectivity index (χ3n) is 1.44. The summed E-state index contributed by atoms with van der Waals surface area (Å²) in [5, 5.41) is 0. The van der Waals surface area contributed by atoms with Crippen LogP contribution in [0.2, 0.25) is 0 Å². The smallest absolute Gasteiger partial charge is 0.161 e. The van der Waals surface area contributed by atoms with Gasteiger partial charge in [-0.1, -0.05) is 0 Å². The molecule has 3 heteroatoms. The second-order valence-corrected chi connectivity index (χ2v) is 4.41. The van der Waals surface area contributed by atoms with Gasteiger partial charge in [0.2, 0.25) is 0 Å². The number of halogens is 1. The summed E-state index contributed by atoms with van der Waals surface area (Å²) < 4.78 is 1.11. The predicted octanol–water partition coefficient (Wildman–Crippen LogP) is 2.78. The lowest BCUT2D eigenvalue weighted by Gasteiger charge is -1.86. The first-order valence-electron chi connectivity index (χ1n) is 2.87. The molecule has 0 radical (unpaired) electrons.